The van der Waals surface area contributed by atoms with Gasteiger partial charge < -0.3 is 10.2 Å². The molecule has 3 nitrogen and oxygen atoms in total. The molecule has 2 atom stereocenters. The lowest BCUT2D eigenvalue weighted by molar-refractivity contribution is -0.131. The van der Waals surface area contributed by atoms with Gasteiger partial charge in [0.15, 0.2) is 0 Å². The van der Waals surface area contributed by atoms with Gasteiger partial charge in [-0.05, 0) is 26.3 Å². The van der Waals surface area contributed by atoms with Gasteiger partial charge in [0.2, 0.25) is 5.91 Å². The SMILES string of the molecule is CNC(C)C(=O)N1CCC(C)C1. The van der Waals surface area contributed by atoms with Crippen LogP contribution in [0.2, 0.25) is 0 Å². The third-order valence-corrected chi connectivity index (χ3v) is 2.54. The quantitative estimate of drug-likeness (QED) is 0.653. The maximum Gasteiger partial charge on any atom is 0.239 e. The Morgan fingerprint density at radius 3 is 2.75 bits per heavy atom. The van der Waals surface area contributed by atoms with Crippen molar-refractivity contribution in [2.45, 2.75) is 26.3 Å². The highest BCUT2D eigenvalue weighted by atomic mass is 16.2. The molecular weight excluding hydrogens is 152 g/mol. The molecule has 0 spiro atoms. The van der Waals surface area contributed by atoms with E-state index >= 15 is 0 Å². The first-order chi connectivity index (χ1) is 5.65. The lowest BCUT2D eigenvalue weighted by atomic mass is 10.2. The second kappa shape index (κ2) is 3.90. The number of likely N-dealkylation sites (N-methyl/N-ethyl adjacent to an activating group) is 1. The predicted molar refractivity (Wildman–Crippen MR) is 48.9 cm³/mol. The van der Waals surface area contributed by atoms with Crippen LogP contribution >= 0.6 is 0 Å². The highest BCUT2D eigenvalue weighted by Gasteiger charge is 2.25. The Hall–Kier alpha value is -0.570. The van der Waals surface area contributed by atoms with Crippen LogP contribution in [0.25, 0.3) is 0 Å². The predicted octanol–water partition coefficient (Wildman–Crippen LogP) is 0.463. The third kappa shape index (κ3) is 1.97. The maximum atomic E-state index is 11.6. The minimum Gasteiger partial charge on any atom is -0.341 e. The van der Waals surface area contributed by atoms with Crippen molar-refractivity contribution in [3.63, 3.8) is 0 Å². The molecule has 0 aliphatic carbocycles. The molecule has 1 N–H and O–H groups in total. The summed E-state index contributed by atoms with van der Waals surface area (Å²) in [5.41, 5.74) is 0. The smallest absolute Gasteiger partial charge is 0.239 e. The molecule has 0 saturated carbocycles. The summed E-state index contributed by atoms with van der Waals surface area (Å²) in [6.07, 6.45) is 1.15. The van der Waals surface area contributed by atoms with E-state index in [0.29, 0.717) is 5.92 Å². The van der Waals surface area contributed by atoms with Gasteiger partial charge in [0, 0.05) is 13.1 Å². The Balaban J connectivity index is 2.43. The molecule has 1 aliphatic rings. The van der Waals surface area contributed by atoms with Gasteiger partial charge in [0.25, 0.3) is 0 Å². The van der Waals surface area contributed by atoms with Crippen molar-refractivity contribution < 1.29 is 4.79 Å². The highest BCUT2D eigenvalue weighted by Crippen LogP contribution is 2.15. The summed E-state index contributed by atoms with van der Waals surface area (Å²) < 4.78 is 0. The summed E-state index contributed by atoms with van der Waals surface area (Å²) in [6.45, 7) is 5.97. The molecule has 0 aromatic carbocycles. The molecular formula is C9H18N2O. The van der Waals surface area contributed by atoms with Gasteiger partial charge in [-0.3, -0.25) is 4.79 Å². The summed E-state index contributed by atoms with van der Waals surface area (Å²) in [5.74, 6) is 0.917. The topological polar surface area (TPSA) is 32.3 Å². The molecule has 1 fully saturated rings. The number of carbonyl (C=O) groups excluding carboxylic acids is 1. The van der Waals surface area contributed by atoms with Gasteiger partial charge >= 0.3 is 0 Å². The van der Waals surface area contributed by atoms with E-state index in [-0.39, 0.29) is 11.9 Å². The first-order valence-corrected chi connectivity index (χ1v) is 4.61. The fraction of sp³-hybridized carbons (Fsp3) is 0.889. The second-order valence-electron chi connectivity index (χ2n) is 3.69. The first-order valence-electron chi connectivity index (χ1n) is 4.61. The van der Waals surface area contributed by atoms with E-state index in [1.807, 2.05) is 18.9 Å². The van der Waals surface area contributed by atoms with Crippen LogP contribution in [-0.2, 0) is 4.79 Å². The molecule has 0 aromatic heterocycles. The zero-order valence-corrected chi connectivity index (χ0v) is 8.13. The number of carbonyl (C=O) groups is 1. The molecule has 0 aromatic rings. The van der Waals surface area contributed by atoms with Gasteiger partial charge in [-0.1, -0.05) is 6.92 Å². The van der Waals surface area contributed by atoms with E-state index in [0.717, 1.165) is 19.5 Å². The van der Waals surface area contributed by atoms with E-state index in [4.69, 9.17) is 0 Å². The van der Waals surface area contributed by atoms with Crippen LogP contribution in [0.3, 0.4) is 0 Å². The van der Waals surface area contributed by atoms with Crippen LogP contribution in [0.4, 0.5) is 0 Å². The van der Waals surface area contributed by atoms with Crippen LogP contribution in [0.15, 0.2) is 0 Å². The van der Waals surface area contributed by atoms with Crippen molar-refractivity contribution >= 4 is 5.91 Å². The van der Waals surface area contributed by atoms with Gasteiger partial charge in [-0.15, -0.1) is 0 Å². The molecule has 1 aliphatic heterocycles. The monoisotopic (exact) mass is 170 g/mol. The Bertz CT molecular complexity index is 170. The minimum absolute atomic E-state index is 0.0321. The number of hydrogen-bond acceptors (Lipinski definition) is 2. The van der Waals surface area contributed by atoms with E-state index in [9.17, 15) is 4.79 Å². The van der Waals surface area contributed by atoms with E-state index in [1.54, 1.807) is 0 Å². The van der Waals surface area contributed by atoms with Crippen molar-refractivity contribution in [2.24, 2.45) is 5.92 Å². The van der Waals surface area contributed by atoms with Crippen LogP contribution < -0.4 is 5.32 Å². The molecule has 3 heteroatoms. The van der Waals surface area contributed by atoms with E-state index in [1.165, 1.54) is 0 Å². The molecule has 70 valence electrons. The van der Waals surface area contributed by atoms with Crippen molar-refractivity contribution in [2.75, 3.05) is 20.1 Å². The van der Waals surface area contributed by atoms with Gasteiger partial charge in [-0.25, -0.2) is 0 Å². The average molecular weight is 170 g/mol. The van der Waals surface area contributed by atoms with E-state index < -0.39 is 0 Å². The number of rotatable bonds is 2. The number of hydrogen-bond donors (Lipinski definition) is 1. The molecule has 1 heterocycles. The largest absolute Gasteiger partial charge is 0.341 e. The normalized spacial score (nSPS) is 25.9. The number of likely N-dealkylation sites (tertiary alicyclic amines) is 1. The maximum absolute atomic E-state index is 11.6. The minimum atomic E-state index is -0.0321. The Morgan fingerprint density at radius 2 is 2.33 bits per heavy atom. The van der Waals surface area contributed by atoms with E-state index in [2.05, 4.69) is 12.2 Å². The molecule has 1 amide bonds. The molecule has 2 unspecified atom stereocenters. The van der Waals surface area contributed by atoms with Crippen molar-refractivity contribution in [1.82, 2.24) is 10.2 Å². The summed E-state index contributed by atoms with van der Waals surface area (Å²) in [5, 5.41) is 2.97. The highest BCUT2D eigenvalue weighted by molar-refractivity contribution is 5.81. The lowest BCUT2D eigenvalue weighted by Gasteiger charge is -2.19. The lowest BCUT2D eigenvalue weighted by Crippen LogP contribution is -2.42. The first kappa shape index (κ1) is 9.52. The van der Waals surface area contributed by atoms with Gasteiger partial charge in [0.05, 0.1) is 6.04 Å². The fourth-order valence-corrected chi connectivity index (χ4v) is 1.53. The van der Waals surface area contributed by atoms with Crippen LogP contribution in [0, 0.1) is 5.92 Å². The number of nitrogens with zero attached hydrogens (tertiary/aromatic N) is 1. The van der Waals surface area contributed by atoms with Crippen LogP contribution in [-0.4, -0.2) is 37.0 Å². The summed E-state index contributed by atoms with van der Waals surface area (Å²) in [4.78, 5) is 13.5. The Kier molecular flexibility index (Phi) is 3.09. The zero-order chi connectivity index (χ0) is 9.14. The molecule has 1 saturated heterocycles. The fourth-order valence-electron chi connectivity index (χ4n) is 1.53. The Labute approximate surface area is 74.1 Å². The van der Waals surface area contributed by atoms with Crippen molar-refractivity contribution in [1.29, 1.82) is 0 Å². The summed E-state index contributed by atoms with van der Waals surface area (Å²) >= 11 is 0. The molecule has 0 bridgehead atoms. The standard InChI is InChI=1S/C9H18N2O/c1-7-4-5-11(6-7)9(12)8(2)10-3/h7-8,10H,4-6H2,1-3H3. The van der Waals surface area contributed by atoms with Crippen molar-refractivity contribution in [3.05, 3.63) is 0 Å². The molecule has 0 radical (unpaired) electrons. The number of amides is 1. The average Bonchev–Trinajstić information content (AvgIpc) is 2.49. The summed E-state index contributed by atoms with van der Waals surface area (Å²) in [6, 6.07) is -0.0321. The van der Waals surface area contributed by atoms with Gasteiger partial charge in [-0.2, -0.15) is 0 Å². The van der Waals surface area contributed by atoms with Crippen LogP contribution in [0.1, 0.15) is 20.3 Å². The summed E-state index contributed by atoms with van der Waals surface area (Å²) in [7, 11) is 1.82. The Morgan fingerprint density at radius 1 is 1.67 bits per heavy atom. The molecule has 1 rings (SSSR count). The zero-order valence-electron chi connectivity index (χ0n) is 8.13. The third-order valence-electron chi connectivity index (χ3n) is 2.54. The van der Waals surface area contributed by atoms with Crippen molar-refractivity contribution in [3.8, 4) is 0 Å². The van der Waals surface area contributed by atoms with Crippen LogP contribution in [0.5, 0.6) is 0 Å². The molecule has 12 heavy (non-hydrogen) atoms. The second-order valence-corrected chi connectivity index (χ2v) is 3.69. The van der Waals surface area contributed by atoms with Gasteiger partial charge in [0.1, 0.15) is 0 Å². The number of nitrogens with one attached hydrogen (secondary N) is 1.